The molecule has 0 saturated carbocycles. The molecule has 0 heterocycles. The van der Waals surface area contributed by atoms with Crippen molar-refractivity contribution in [3.05, 3.63) is 36.5 Å². The lowest BCUT2D eigenvalue weighted by Crippen LogP contribution is -2.29. The highest BCUT2D eigenvalue weighted by Gasteiger charge is 2.25. The van der Waals surface area contributed by atoms with Gasteiger partial charge >= 0.3 is 11.9 Å². The van der Waals surface area contributed by atoms with Gasteiger partial charge in [-0.05, 0) is 19.4 Å². The maximum absolute atomic E-state index is 11.3. The SMILES string of the molecule is C=C/C=C\C(=C/C)[C@H](OC(=O)CC(C)=O)C(=O)O. The smallest absolute Gasteiger partial charge is 0.349 e. The molecule has 0 fully saturated rings. The van der Waals surface area contributed by atoms with Crippen LogP contribution < -0.4 is 0 Å². The standard InChI is InChI=1S/C13H16O5/c1-4-6-7-10(5-2)12(13(16)17)18-11(15)8-9(3)14/h4-7,12H,1,8H2,2-3H3,(H,16,17)/b7-6-,10-5+/t12-/m0/s1. The molecular formula is C13H16O5. The summed E-state index contributed by atoms with van der Waals surface area (Å²) in [5, 5.41) is 8.99. The van der Waals surface area contributed by atoms with Crippen LogP contribution in [-0.2, 0) is 19.1 Å². The maximum Gasteiger partial charge on any atom is 0.349 e. The number of ether oxygens (including phenoxy) is 1. The first-order valence-electron chi connectivity index (χ1n) is 5.29. The predicted octanol–water partition coefficient (Wildman–Crippen LogP) is 1.65. The Morgan fingerprint density at radius 2 is 2.00 bits per heavy atom. The third-order valence-corrected chi connectivity index (χ3v) is 1.93. The Balaban J connectivity index is 4.91. The van der Waals surface area contributed by atoms with E-state index >= 15 is 0 Å². The molecule has 0 rings (SSSR count). The number of carbonyl (C=O) groups excluding carboxylic acids is 2. The van der Waals surface area contributed by atoms with E-state index in [2.05, 4.69) is 6.58 Å². The summed E-state index contributed by atoms with van der Waals surface area (Å²) in [7, 11) is 0. The Hall–Kier alpha value is -2.17. The molecule has 0 aromatic carbocycles. The number of hydrogen-bond acceptors (Lipinski definition) is 4. The van der Waals surface area contributed by atoms with Gasteiger partial charge in [-0.3, -0.25) is 9.59 Å². The van der Waals surface area contributed by atoms with E-state index in [-0.39, 0.29) is 5.78 Å². The van der Waals surface area contributed by atoms with Crippen LogP contribution >= 0.6 is 0 Å². The summed E-state index contributed by atoms with van der Waals surface area (Å²) in [5.74, 6) is -2.54. The lowest BCUT2D eigenvalue weighted by molar-refractivity contribution is -0.161. The third-order valence-electron chi connectivity index (χ3n) is 1.93. The molecule has 0 aromatic rings. The van der Waals surface area contributed by atoms with Crippen molar-refractivity contribution in [1.82, 2.24) is 0 Å². The second-order valence-corrected chi connectivity index (χ2v) is 3.47. The highest BCUT2D eigenvalue weighted by atomic mass is 16.6. The molecule has 0 aliphatic heterocycles. The quantitative estimate of drug-likeness (QED) is 0.423. The number of hydrogen-bond donors (Lipinski definition) is 1. The Kier molecular flexibility index (Phi) is 7.04. The van der Waals surface area contributed by atoms with Crippen LogP contribution in [0, 0.1) is 0 Å². The number of ketones is 1. The lowest BCUT2D eigenvalue weighted by atomic mass is 10.1. The van der Waals surface area contributed by atoms with Gasteiger partial charge in [-0.2, -0.15) is 0 Å². The van der Waals surface area contributed by atoms with Crippen molar-refractivity contribution in [2.24, 2.45) is 0 Å². The first kappa shape index (κ1) is 15.8. The average molecular weight is 252 g/mol. The van der Waals surface area contributed by atoms with Crippen LogP contribution in [0.3, 0.4) is 0 Å². The van der Waals surface area contributed by atoms with Crippen LogP contribution in [-0.4, -0.2) is 28.9 Å². The minimum Gasteiger partial charge on any atom is -0.478 e. The Labute approximate surface area is 105 Å². The van der Waals surface area contributed by atoms with Gasteiger partial charge in [0.2, 0.25) is 6.10 Å². The number of esters is 1. The van der Waals surface area contributed by atoms with Crippen LogP contribution in [0.4, 0.5) is 0 Å². The van der Waals surface area contributed by atoms with Crippen LogP contribution in [0.5, 0.6) is 0 Å². The van der Waals surface area contributed by atoms with Crippen molar-refractivity contribution in [3.63, 3.8) is 0 Å². The van der Waals surface area contributed by atoms with Gasteiger partial charge < -0.3 is 9.84 Å². The normalized spacial score (nSPS) is 13.1. The Morgan fingerprint density at radius 3 is 2.39 bits per heavy atom. The van der Waals surface area contributed by atoms with E-state index in [1.807, 2.05) is 0 Å². The largest absolute Gasteiger partial charge is 0.478 e. The van der Waals surface area contributed by atoms with Gasteiger partial charge in [0.05, 0.1) is 0 Å². The summed E-state index contributed by atoms with van der Waals surface area (Å²) in [6, 6.07) is 0. The molecule has 98 valence electrons. The van der Waals surface area contributed by atoms with E-state index < -0.39 is 24.5 Å². The number of Topliss-reactive ketones (excluding diaryl/α,β-unsaturated/α-hetero) is 1. The molecule has 0 bridgehead atoms. The highest BCUT2D eigenvalue weighted by molar-refractivity contribution is 5.95. The molecule has 0 amide bonds. The first-order chi connectivity index (χ1) is 8.42. The molecule has 0 aliphatic rings. The third kappa shape index (κ3) is 5.79. The monoisotopic (exact) mass is 252 g/mol. The van der Waals surface area contributed by atoms with E-state index in [4.69, 9.17) is 9.84 Å². The van der Waals surface area contributed by atoms with Crippen molar-refractivity contribution in [3.8, 4) is 0 Å². The summed E-state index contributed by atoms with van der Waals surface area (Å²) in [6.45, 7) is 6.31. The van der Waals surface area contributed by atoms with Crippen LogP contribution in [0.2, 0.25) is 0 Å². The van der Waals surface area contributed by atoms with Crippen LogP contribution in [0.25, 0.3) is 0 Å². The van der Waals surface area contributed by atoms with E-state index in [9.17, 15) is 14.4 Å². The fourth-order valence-corrected chi connectivity index (χ4v) is 1.15. The number of carbonyl (C=O) groups is 3. The van der Waals surface area contributed by atoms with Gasteiger partial charge in [-0.15, -0.1) is 0 Å². The Morgan fingerprint density at radius 1 is 1.39 bits per heavy atom. The van der Waals surface area contributed by atoms with E-state index in [1.165, 1.54) is 31.2 Å². The topological polar surface area (TPSA) is 80.7 Å². The molecule has 18 heavy (non-hydrogen) atoms. The summed E-state index contributed by atoms with van der Waals surface area (Å²) in [6.07, 6.45) is 4.14. The molecular weight excluding hydrogens is 236 g/mol. The van der Waals surface area contributed by atoms with Gasteiger partial charge in [0.15, 0.2) is 0 Å². The van der Waals surface area contributed by atoms with Gasteiger partial charge in [0.1, 0.15) is 12.2 Å². The summed E-state index contributed by atoms with van der Waals surface area (Å²) in [4.78, 5) is 33.0. The van der Waals surface area contributed by atoms with Crippen LogP contribution in [0.1, 0.15) is 20.3 Å². The molecule has 0 unspecified atom stereocenters. The van der Waals surface area contributed by atoms with Crippen molar-refractivity contribution < 1.29 is 24.2 Å². The summed E-state index contributed by atoms with van der Waals surface area (Å²) < 4.78 is 4.76. The fraction of sp³-hybridized carbons (Fsp3) is 0.308. The number of carboxylic acid groups (broad SMARTS) is 1. The molecule has 0 saturated heterocycles. The average Bonchev–Trinajstić information content (AvgIpc) is 2.27. The molecule has 1 atom stereocenters. The van der Waals surface area contributed by atoms with Crippen LogP contribution in [0.15, 0.2) is 36.5 Å². The zero-order valence-corrected chi connectivity index (χ0v) is 10.4. The molecule has 1 N–H and O–H groups in total. The Bertz CT molecular complexity index is 404. The van der Waals surface area contributed by atoms with Gasteiger partial charge in [-0.1, -0.05) is 30.9 Å². The zero-order chi connectivity index (χ0) is 14.1. The first-order valence-corrected chi connectivity index (χ1v) is 5.29. The minimum absolute atomic E-state index is 0.305. The second kappa shape index (κ2) is 8.00. The van der Waals surface area contributed by atoms with Gasteiger partial charge in [0.25, 0.3) is 0 Å². The van der Waals surface area contributed by atoms with Gasteiger partial charge in [0, 0.05) is 0 Å². The summed E-state index contributed by atoms with van der Waals surface area (Å²) >= 11 is 0. The molecule has 0 aromatic heterocycles. The maximum atomic E-state index is 11.3. The van der Waals surface area contributed by atoms with Crippen molar-refractivity contribution in [2.45, 2.75) is 26.4 Å². The van der Waals surface area contributed by atoms with E-state index in [0.29, 0.717) is 5.57 Å². The summed E-state index contributed by atoms with van der Waals surface area (Å²) in [5.41, 5.74) is 0.305. The number of rotatable bonds is 7. The predicted molar refractivity (Wildman–Crippen MR) is 65.9 cm³/mol. The fourth-order valence-electron chi connectivity index (χ4n) is 1.15. The van der Waals surface area contributed by atoms with Crippen molar-refractivity contribution in [2.75, 3.05) is 0 Å². The molecule has 0 aliphatic carbocycles. The number of aliphatic carboxylic acids is 1. The zero-order valence-electron chi connectivity index (χ0n) is 10.4. The lowest BCUT2D eigenvalue weighted by Gasteiger charge is -2.14. The molecule has 5 nitrogen and oxygen atoms in total. The van der Waals surface area contributed by atoms with Crippen molar-refractivity contribution in [1.29, 1.82) is 0 Å². The number of carboxylic acids is 1. The van der Waals surface area contributed by atoms with E-state index in [1.54, 1.807) is 6.92 Å². The van der Waals surface area contributed by atoms with Gasteiger partial charge in [-0.25, -0.2) is 4.79 Å². The molecule has 0 spiro atoms. The molecule has 5 heteroatoms. The highest BCUT2D eigenvalue weighted by Crippen LogP contribution is 2.11. The minimum atomic E-state index is -1.42. The number of allylic oxidation sites excluding steroid dienone is 3. The second-order valence-electron chi connectivity index (χ2n) is 3.47. The van der Waals surface area contributed by atoms with Crippen molar-refractivity contribution >= 4 is 17.7 Å². The molecule has 0 radical (unpaired) electrons. The van der Waals surface area contributed by atoms with E-state index in [0.717, 1.165) is 0 Å².